The van der Waals surface area contributed by atoms with Gasteiger partial charge >= 0.3 is 0 Å². The summed E-state index contributed by atoms with van der Waals surface area (Å²) in [5, 5.41) is 3.20. The molecule has 1 N–H and O–H groups in total. The van der Waals surface area contributed by atoms with Crippen LogP contribution in [0, 0.1) is 0 Å². The van der Waals surface area contributed by atoms with Crippen LogP contribution < -0.4 is 14.4 Å². The van der Waals surface area contributed by atoms with Gasteiger partial charge in [-0.1, -0.05) is 39.7 Å². The first-order valence-corrected chi connectivity index (χ1v) is 11.6. The minimum Gasteiger partial charge on any atom is -0.476 e. The molecule has 1 heterocycles. The third-order valence-electron chi connectivity index (χ3n) is 4.54. The largest absolute Gasteiger partial charge is 0.476 e. The predicted octanol–water partition coefficient (Wildman–Crippen LogP) is 4.70. The zero-order valence-corrected chi connectivity index (χ0v) is 18.6. The van der Waals surface area contributed by atoms with Crippen LogP contribution in [0.5, 0.6) is 5.75 Å². The number of hydrogen-bond acceptors (Lipinski definition) is 4. The molecule has 1 aliphatic rings. The van der Waals surface area contributed by atoms with Gasteiger partial charge in [-0.25, -0.2) is 8.42 Å². The van der Waals surface area contributed by atoms with E-state index in [0.29, 0.717) is 22.1 Å². The highest BCUT2D eigenvalue weighted by Crippen LogP contribution is 2.37. The number of anilines is 2. The van der Waals surface area contributed by atoms with Gasteiger partial charge in [0.2, 0.25) is 0 Å². The number of fused-ring (bicyclic) bond motifs is 1. The highest BCUT2D eigenvalue weighted by atomic mass is 79.9. The molecular weight excluding hydrogens is 492 g/mol. The Morgan fingerprint density at radius 1 is 1.03 bits per heavy atom. The third-order valence-corrected chi connectivity index (χ3v) is 7.12. The van der Waals surface area contributed by atoms with Crippen molar-refractivity contribution in [2.24, 2.45) is 0 Å². The van der Waals surface area contributed by atoms with Crippen molar-refractivity contribution in [2.45, 2.75) is 11.0 Å². The Labute approximate surface area is 187 Å². The maximum atomic E-state index is 13.3. The van der Waals surface area contributed by atoms with Crippen molar-refractivity contribution < 1.29 is 17.9 Å². The van der Waals surface area contributed by atoms with Crippen LogP contribution in [0.4, 0.5) is 11.4 Å². The number of rotatable bonds is 4. The maximum absolute atomic E-state index is 13.3. The summed E-state index contributed by atoms with van der Waals surface area (Å²) in [4.78, 5) is 12.9. The predicted molar refractivity (Wildman–Crippen MR) is 120 cm³/mol. The number of halogens is 2. The number of benzene rings is 3. The number of nitrogens with one attached hydrogen (secondary N) is 1. The second-order valence-electron chi connectivity index (χ2n) is 6.56. The normalized spacial score (nSPS) is 15.8. The van der Waals surface area contributed by atoms with E-state index in [0.717, 1.165) is 4.47 Å². The SMILES string of the molecule is O=C(Nc1ccc(Br)cc1)C1CN(S(=O)(=O)c2ccc(Cl)cc2)c2ccccc2O1. The fourth-order valence-corrected chi connectivity index (χ4v) is 4.92. The number of ether oxygens (including phenoxy) is 1. The van der Waals surface area contributed by atoms with E-state index in [1.54, 1.807) is 48.5 Å². The second kappa shape index (κ2) is 8.29. The van der Waals surface area contributed by atoms with Gasteiger partial charge in [0.15, 0.2) is 6.10 Å². The molecule has 0 fully saturated rings. The molecule has 0 aromatic heterocycles. The molecular formula is C21H16BrClN2O4S. The van der Waals surface area contributed by atoms with E-state index in [4.69, 9.17) is 16.3 Å². The van der Waals surface area contributed by atoms with Crippen LogP contribution in [-0.2, 0) is 14.8 Å². The van der Waals surface area contributed by atoms with E-state index in [-0.39, 0.29) is 11.4 Å². The number of sulfonamides is 1. The minimum absolute atomic E-state index is 0.0793. The Kier molecular flexibility index (Phi) is 5.73. The standard InChI is InChI=1S/C21H16BrClN2O4S/c22-14-5-9-16(10-6-14)24-21(26)20-13-25(18-3-1-2-4-19(18)29-20)30(27,28)17-11-7-15(23)8-12-17/h1-12,20H,13H2,(H,24,26). The number of hydrogen-bond donors (Lipinski definition) is 1. The van der Waals surface area contributed by atoms with Crippen LogP contribution in [0.25, 0.3) is 0 Å². The Morgan fingerprint density at radius 3 is 2.40 bits per heavy atom. The van der Waals surface area contributed by atoms with Crippen LogP contribution in [0.15, 0.2) is 82.2 Å². The quantitative estimate of drug-likeness (QED) is 0.555. The smallest absolute Gasteiger partial charge is 0.267 e. The van der Waals surface area contributed by atoms with Crippen molar-refractivity contribution in [3.05, 3.63) is 82.3 Å². The number of para-hydroxylation sites is 2. The van der Waals surface area contributed by atoms with Crippen molar-refractivity contribution in [3.63, 3.8) is 0 Å². The van der Waals surface area contributed by atoms with Gasteiger partial charge in [0.05, 0.1) is 17.1 Å². The summed E-state index contributed by atoms with van der Waals surface area (Å²) in [6.45, 7) is -0.162. The first kappa shape index (κ1) is 20.7. The Morgan fingerprint density at radius 2 is 1.70 bits per heavy atom. The molecule has 0 saturated carbocycles. The first-order valence-electron chi connectivity index (χ1n) is 8.95. The lowest BCUT2D eigenvalue weighted by molar-refractivity contribution is -0.122. The van der Waals surface area contributed by atoms with Crippen molar-refractivity contribution in [2.75, 3.05) is 16.2 Å². The summed E-state index contributed by atoms with van der Waals surface area (Å²) in [6.07, 6.45) is -1.02. The number of carbonyl (C=O) groups excluding carboxylic acids is 1. The Bertz CT molecular complexity index is 1180. The minimum atomic E-state index is -3.93. The lowest BCUT2D eigenvalue weighted by Gasteiger charge is -2.34. The van der Waals surface area contributed by atoms with Gasteiger partial charge in [0.25, 0.3) is 15.9 Å². The molecule has 0 aliphatic carbocycles. The van der Waals surface area contributed by atoms with Gasteiger partial charge in [0.1, 0.15) is 5.75 Å². The number of nitrogens with zero attached hydrogens (tertiary/aromatic N) is 1. The van der Waals surface area contributed by atoms with Crippen LogP contribution in [-0.4, -0.2) is 27.0 Å². The summed E-state index contributed by atoms with van der Waals surface area (Å²) in [7, 11) is -3.93. The summed E-state index contributed by atoms with van der Waals surface area (Å²) >= 11 is 9.24. The van der Waals surface area contributed by atoms with Crippen LogP contribution in [0.2, 0.25) is 5.02 Å². The number of amides is 1. The first-order chi connectivity index (χ1) is 14.3. The average Bonchev–Trinajstić information content (AvgIpc) is 2.74. The fraction of sp³-hybridized carbons (Fsp3) is 0.0952. The van der Waals surface area contributed by atoms with Crippen molar-refractivity contribution in [1.82, 2.24) is 0 Å². The summed E-state index contributed by atoms with van der Waals surface area (Å²) < 4.78 is 34.5. The third kappa shape index (κ3) is 4.16. The second-order valence-corrected chi connectivity index (χ2v) is 9.77. The molecule has 1 atom stereocenters. The number of carbonyl (C=O) groups is 1. The van der Waals surface area contributed by atoms with Gasteiger partial charge in [-0.3, -0.25) is 9.10 Å². The molecule has 9 heteroatoms. The van der Waals surface area contributed by atoms with Crippen molar-refractivity contribution in [1.29, 1.82) is 0 Å². The maximum Gasteiger partial charge on any atom is 0.267 e. The molecule has 0 bridgehead atoms. The van der Waals surface area contributed by atoms with Gasteiger partial charge in [-0.05, 0) is 60.7 Å². The molecule has 1 unspecified atom stereocenters. The van der Waals surface area contributed by atoms with E-state index in [9.17, 15) is 13.2 Å². The van der Waals surface area contributed by atoms with Crippen molar-refractivity contribution >= 4 is 54.8 Å². The molecule has 0 saturated heterocycles. The van der Waals surface area contributed by atoms with E-state index in [2.05, 4.69) is 21.2 Å². The van der Waals surface area contributed by atoms with Crippen LogP contribution in [0.3, 0.4) is 0 Å². The lowest BCUT2D eigenvalue weighted by Crippen LogP contribution is -2.48. The van der Waals surface area contributed by atoms with Gasteiger partial charge < -0.3 is 10.1 Å². The molecule has 3 aromatic rings. The van der Waals surface area contributed by atoms with Gasteiger partial charge in [-0.15, -0.1) is 0 Å². The zero-order chi connectivity index (χ0) is 21.3. The summed E-state index contributed by atoms with van der Waals surface area (Å²) in [6, 6.07) is 19.7. The van der Waals surface area contributed by atoms with E-state index >= 15 is 0 Å². The van der Waals surface area contributed by atoms with Crippen LogP contribution >= 0.6 is 27.5 Å². The highest BCUT2D eigenvalue weighted by molar-refractivity contribution is 9.10. The van der Waals surface area contributed by atoms with E-state index in [1.165, 1.54) is 28.6 Å². The zero-order valence-electron chi connectivity index (χ0n) is 15.5. The van der Waals surface area contributed by atoms with Gasteiger partial charge in [-0.2, -0.15) is 0 Å². The van der Waals surface area contributed by atoms with Crippen molar-refractivity contribution in [3.8, 4) is 5.75 Å². The lowest BCUT2D eigenvalue weighted by atomic mass is 10.2. The molecule has 0 spiro atoms. The molecule has 0 radical (unpaired) electrons. The summed E-state index contributed by atoms with van der Waals surface area (Å²) in [5.41, 5.74) is 0.956. The fourth-order valence-electron chi connectivity index (χ4n) is 3.06. The molecule has 4 rings (SSSR count). The summed E-state index contributed by atoms with van der Waals surface area (Å²) in [5.74, 6) is -0.125. The molecule has 154 valence electrons. The molecule has 1 amide bonds. The average molecular weight is 508 g/mol. The molecule has 1 aliphatic heterocycles. The topological polar surface area (TPSA) is 75.7 Å². The Hall–Kier alpha value is -2.55. The Balaban J connectivity index is 1.66. The van der Waals surface area contributed by atoms with Gasteiger partial charge in [0, 0.05) is 15.2 Å². The van der Waals surface area contributed by atoms with E-state index in [1.807, 2.05) is 0 Å². The van der Waals surface area contributed by atoms with E-state index < -0.39 is 22.0 Å². The molecule has 30 heavy (non-hydrogen) atoms. The molecule has 3 aromatic carbocycles. The monoisotopic (exact) mass is 506 g/mol. The highest BCUT2D eigenvalue weighted by Gasteiger charge is 2.37. The molecule has 6 nitrogen and oxygen atoms in total. The van der Waals surface area contributed by atoms with Crippen LogP contribution in [0.1, 0.15) is 0 Å².